The van der Waals surface area contributed by atoms with Gasteiger partial charge in [-0.2, -0.15) is 0 Å². The summed E-state index contributed by atoms with van der Waals surface area (Å²) in [6.07, 6.45) is -4.75. The monoisotopic (exact) mass is 287 g/mol. The highest BCUT2D eigenvalue weighted by Crippen LogP contribution is 2.26. The highest BCUT2D eigenvalue weighted by atomic mass is 19.4. The topological polar surface area (TPSA) is 90.4 Å². The van der Waals surface area contributed by atoms with Crippen LogP contribution in [0, 0.1) is 0 Å². The predicted octanol–water partition coefficient (Wildman–Crippen LogP) is 1.84. The molecule has 0 aliphatic heterocycles. The molecule has 0 saturated carbocycles. The van der Waals surface area contributed by atoms with Gasteiger partial charge in [0, 0.05) is 11.6 Å². The van der Waals surface area contributed by atoms with Gasteiger partial charge in [0.15, 0.2) is 0 Å². The van der Waals surface area contributed by atoms with E-state index >= 15 is 0 Å². The van der Waals surface area contributed by atoms with Crippen molar-refractivity contribution in [3.05, 3.63) is 36.1 Å². The van der Waals surface area contributed by atoms with E-state index in [1.54, 1.807) is 0 Å². The molecule has 0 bridgehead atoms. The van der Waals surface area contributed by atoms with Crippen LogP contribution in [0.15, 0.2) is 34.9 Å². The lowest BCUT2D eigenvalue weighted by atomic mass is 10.1. The van der Waals surface area contributed by atoms with Gasteiger partial charge in [-0.15, -0.1) is 13.2 Å². The average molecular weight is 287 g/mol. The fourth-order valence-electron chi connectivity index (χ4n) is 1.42. The van der Waals surface area contributed by atoms with E-state index < -0.39 is 12.3 Å². The molecule has 0 fully saturated rings. The number of rotatable bonds is 3. The minimum Gasteiger partial charge on any atom is -0.406 e. The highest BCUT2D eigenvalue weighted by molar-refractivity contribution is 5.91. The number of benzene rings is 1. The first-order valence-electron chi connectivity index (χ1n) is 5.23. The lowest BCUT2D eigenvalue weighted by molar-refractivity contribution is -0.274. The van der Waals surface area contributed by atoms with E-state index in [1.807, 2.05) is 5.43 Å². The van der Waals surface area contributed by atoms with Crippen LogP contribution >= 0.6 is 0 Å². The zero-order valence-corrected chi connectivity index (χ0v) is 9.77. The number of carbonyl (C=O) groups is 1. The minimum atomic E-state index is -4.75. The number of nitrogens with two attached hydrogens (primary N) is 1. The van der Waals surface area contributed by atoms with Gasteiger partial charge in [0.25, 0.3) is 0 Å². The van der Waals surface area contributed by atoms with Gasteiger partial charge in [0.2, 0.25) is 5.76 Å². The molecule has 1 amide bonds. The second-order valence-electron chi connectivity index (χ2n) is 3.62. The molecule has 2 rings (SSSR count). The Bertz CT molecular complexity index is 607. The molecule has 9 heteroatoms. The lowest BCUT2D eigenvalue weighted by Crippen LogP contribution is -2.29. The summed E-state index contributed by atoms with van der Waals surface area (Å²) in [6.45, 7) is 0. The molecule has 0 radical (unpaired) electrons. The summed E-state index contributed by atoms with van der Waals surface area (Å²) in [5.41, 5.74) is 2.60. The number of aromatic nitrogens is 1. The Morgan fingerprint density at radius 2 is 1.95 bits per heavy atom. The van der Waals surface area contributed by atoms with Gasteiger partial charge in [-0.1, -0.05) is 5.16 Å². The Hall–Kier alpha value is -2.55. The van der Waals surface area contributed by atoms with Crippen LogP contribution < -0.4 is 16.0 Å². The first-order chi connectivity index (χ1) is 9.39. The zero-order chi connectivity index (χ0) is 14.8. The largest absolute Gasteiger partial charge is 0.573 e. The lowest BCUT2D eigenvalue weighted by Gasteiger charge is -2.08. The molecule has 0 spiro atoms. The van der Waals surface area contributed by atoms with Gasteiger partial charge in [-0.25, -0.2) is 5.84 Å². The van der Waals surface area contributed by atoms with Gasteiger partial charge in [-0.05, 0) is 24.3 Å². The summed E-state index contributed by atoms with van der Waals surface area (Å²) in [5.74, 6) is 3.78. The number of nitrogens with one attached hydrogen (secondary N) is 1. The molecule has 0 unspecified atom stereocenters. The normalized spacial score (nSPS) is 11.2. The van der Waals surface area contributed by atoms with Crippen LogP contribution in [0.2, 0.25) is 0 Å². The SMILES string of the molecule is NNC(=O)c1cc(-c2ccc(OC(F)(F)F)cc2)no1. The van der Waals surface area contributed by atoms with E-state index in [4.69, 9.17) is 10.4 Å². The van der Waals surface area contributed by atoms with Crippen LogP contribution in [0.4, 0.5) is 13.2 Å². The van der Waals surface area contributed by atoms with E-state index in [2.05, 4.69) is 9.89 Å². The number of amides is 1. The second kappa shape index (κ2) is 5.21. The maximum Gasteiger partial charge on any atom is 0.573 e. The van der Waals surface area contributed by atoms with Crippen LogP contribution in [-0.4, -0.2) is 17.4 Å². The molecule has 0 aliphatic rings. The van der Waals surface area contributed by atoms with Crippen molar-refractivity contribution >= 4 is 5.91 Å². The second-order valence-corrected chi connectivity index (χ2v) is 3.62. The molecule has 0 saturated heterocycles. The van der Waals surface area contributed by atoms with Crippen molar-refractivity contribution in [3.8, 4) is 17.0 Å². The fourth-order valence-corrected chi connectivity index (χ4v) is 1.42. The number of hydrazine groups is 1. The Morgan fingerprint density at radius 3 is 2.50 bits per heavy atom. The van der Waals surface area contributed by atoms with Crippen molar-refractivity contribution in [2.75, 3.05) is 0 Å². The third-order valence-electron chi connectivity index (χ3n) is 2.25. The fraction of sp³-hybridized carbons (Fsp3) is 0.0909. The van der Waals surface area contributed by atoms with Gasteiger partial charge in [0.05, 0.1) is 0 Å². The molecule has 1 aromatic heterocycles. The molecule has 1 heterocycles. The molecule has 0 aliphatic carbocycles. The van der Waals surface area contributed by atoms with E-state index in [0.29, 0.717) is 5.56 Å². The zero-order valence-electron chi connectivity index (χ0n) is 9.77. The number of halogens is 3. The summed E-state index contributed by atoms with van der Waals surface area (Å²) in [4.78, 5) is 11.2. The third kappa shape index (κ3) is 3.26. The van der Waals surface area contributed by atoms with Crippen molar-refractivity contribution in [3.63, 3.8) is 0 Å². The number of carbonyl (C=O) groups excluding carboxylic acids is 1. The minimum absolute atomic E-state index is 0.113. The van der Waals surface area contributed by atoms with Gasteiger partial charge < -0.3 is 9.26 Å². The quantitative estimate of drug-likeness (QED) is 0.510. The number of ether oxygens (including phenoxy) is 1. The van der Waals surface area contributed by atoms with Crippen molar-refractivity contribution in [2.45, 2.75) is 6.36 Å². The number of hydrogen-bond acceptors (Lipinski definition) is 5. The van der Waals surface area contributed by atoms with Crippen molar-refractivity contribution < 1.29 is 27.2 Å². The molecule has 2 aromatic rings. The number of hydrogen-bond donors (Lipinski definition) is 2. The number of alkyl halides is 3. The summed E-state index contributed by atoms with van der Waals surface area (Å²) < 4.78 is 44.4. The third-order valence-corrected chi connectivity index (χ3v) is 2.25. The van der Waals surface area contributed by atoms with Crippen LogP contribution in [0.25, 0.3) is 11.3 Å². The molecule has 3 N–H and O–H groups in total. The molecule has 20 heavy (non-hydrogen) atoms. The number of nitrogens with zero attached hydrogens (tertiary/aromatic N) is 1. The van der Waals surface area contributed by atoms with Crippen LogP contribution in [-0.2, 0) is 0 Å². The molecule has 106 valence electrons. The summed E-state index contributed by atoms with van der Waals surface area (Å²) in [5, 5.41) is 3.61. The smallest absolute Gasteiger partial charge is 0.406 e. The Balaban J connectivity index is 2.18. The molecule has 1 aromatic carbocycles. The van der Waals surface area contributed by atoms with E-state index in [-0.39, 0.29) is 17.2 Å². The first-order valence-corrected chi connectivity index (χ1v) is 5.23. The van der Waals surface area contributed by atoms with Crippen LogP contribution in [0.5, 0.6) is 5.75 Å². The first kappa shape index (κ1) is 13.9. The van der Waals surface area contributed by atoms with E-state index in [1.165, 1.54) is 18.2 Å². The summed E-state index contributed by atoms with van der Waals surface area (Å²) in [7, 11) is 0. The Morgan fingerprint density at radius 1 is 1.30 bits per heavy atom. The summed E-state index contributed by atoms with van der Waals surface area (Å²) in [6, 6.07) is 6.26. The predicted molar refractivity (Wildman–Crippen MR) is 60.3 cm³/mol. The van der Waals surface area contributed by atoms with Crippen molar-refractivity contribution in [2.24, 2.45) is 5.84 Å². The Kier molecular flexibility index (Phi) is 3.61. The molecule has 6 nitrogen and oxygen atoms in total. The maximum absolute atomic E-state index is 12.0. The Labute approximate surface area is 110 Å². The standard InChI is InChI=1S/C11H8F3N3O3/c12-11(13,14)19-7-3-1-6(2-4-7)8-5-9(20-17-8)10(18)16-15/h1-5H,15H2,(H,16,18). The summed E-state index contributed by atoms with van der Waals surface area (Å²) >= 11 is 0. The van der Waals surface area contributed by atoms with Gasteiger partial charge in [0.1, 0.15) is 11.4 Å². The van der Waals surface area contributed by atoms with Crippen LogP contribution in [0.1, 0.15) is 10.6 Å². The maximum atomic E-state index is 12.0. The van der Waals surface area contributed by atoms with Gasteiger partial charge >= 0.3 is 12.3 Å². The average Bonchev–Trinajstić information content (AvgIpc) is 2.86. The van der Waals surface area contributed by atoms with E-state index in [0.717, 1.165) is 12.1 Å². The molecular weight excluding hydrogens is 279 g/mol. The van der Waals surface area contributed by atoms with Crippen LogP contribution in [0.3, 0.4) is 0 Å². The van der Waals surface area contributed by atoms with Crippen molar-refractivity contribution in [1.82, 2.24) is 10.6 Å². The molecular formula is C11H8F3N3O3. The van der Waals surface area contributed by atoms with Gasteiger partial charge in [-0.3, -0.25) is 10.2 Å². The van der Waals surface area contributed by atoms with Crippen molar-refractivity contribution in [1.29, 1.82) is 0 Å². The number of nitrogen functional groups attached to an aromatic ring is 1. The molecule has 0 atom stereocenters. The highest BCUT2D eigenvalue weighted by Gasteiger charge is 2.31. The van der Waals surface area contributed by atoms with E-state index in [9.17, 15) is 18.0 Å².